The second-order valence-electron chi connectivity index (χ2n) is 8.93. The summed E-state index contributed by atoms with van der Waals surface area (Å²) in [7, 11) is 1.66. The Labute approximate surface area is 179 Å². The van der Waals surface area contributed by atoms with Crippen LogP contribution in [-0.4, -0.2) is 49.1 Å². The van der Waals surface area contributed by atoms with Gasteiger partial charge in [-0.3, -0.25) is 9.59 Å². The number of fused-ring (bicyclic) bond motifs is 1. The smallest absolute Gasteiger partial charge is 0.254 e. The van der Waals surface area contributed by atoms with Crippen molar-refractivity contribution in [2.24, 2.45) is 0 Å². The molecule has 1 aromatic rings. The summed E-state index contributed by atoms with van der Waals surface area (Å²) in [5, 5.41) is 3.23. The number of rotatable bonds is 7. The van der Waals surface area contributed by atoms with Gasteiger partial charge in [0.15, 0.2) is 0 Å². The summed E-state index contributed by atoms with van der Waals surface area (Å²) < 4.78 is 5.31. The quantitative estimate of drug-likeness (QED) is 0.686. The molecule has 0 radical (unpaired) electrons. The predicted molar refractivity (Wildman–Crippen MR) is 117 cm³/mol. The van der Waals surface area contributed by atoms with Gasteiger partial charge in [-0.05, 0) is 56.6 Å². The van der Waals surface area contributed by atoms with Crippen LogP contribution in [0, 0.1) is 0 Å². The van der Waals surface area contributed by atoms with Crippen LogP contribution in [0.25, 0.3) is 0 Å². The standard InChI is InChI=1S/C25H34N2O3/c1-30-18-17-27-24(29)21-12-6-5-11-20(21)22(25(27)14-7-8-15-25)23(28)26-16-13-19-9-3-2-4-10-19/h5-6,9,11-12,22H,2-4,7-8,10,13-18H2,1H3,(H,26,28)/t22-/m1/s1. The summed E-state index contributed by atoms with van der Waals surface area (Å²) in [6.45, 7) is 1.68. The Morgan fingerprint density at radius 3 is 2.73 bits per heavy atom. The fraction of sp³-hybridized carbons (Fsp3) is 0.600. The van der Waals surface area contributed by atoms with Crippen molar-refractivity contribution < 1.29 is 14.3 Å². The van der Waals surface area contributed by atoms with Crippen molar-refractivity contribution in [3.05, 3.63) is 47.0 Å². The van der Waals surface area contributed by atoms with E-state index in [4.69, 9.17) is 4.74 Å². The van der Waals surface area contributed by atoms with Gasteiger partial charge in [-0.15, -0.1) is 0 Å². The largest absolute Gasteiger partial charge is 0.383 e. The predicted octanol–water partition coefficient (Wildman–Crippen LogP) is 4.19. The van der Waals surface area contributed by atoms with E-state index in [9.17, 15) is 9.59 Å². The Hall–Kier alpha value is -2.14. The number of nitrogens with zero attached hydrogens (tertiary/aromatic N) is 1. The van der Waals surface area contributed by atoms with E-state index in [2.05, 4.69) is 11.4 Å². The molecule has 5 nitrogen and oxygen atoms in total. The number of nitrogens with one attached hydrogen (secondary N) is 1. The number of ether oxygens (including phenoxy) is 1. The first-order chi connectivity index (χ1) is 14.7. The van der Waals surface area contributed by atoms with Crippen LogP contribution in [0.3, 0.4) is 0 Å². The van der Waals surface area contributed by atoms with Gasteiger partial charge in [0.2, 0.25) is 5.91 Å². The van der Waals surface area contributed by atoms with E-state index < -0.39 is 5.54 Å². The van der Waals surface area contributed by atoms with Crippen molar-refractivity contribution in [2.75, 3.05) is 26.8 Å². The average Bonchev–Trinajstić information content (AvgIpc) is 3.24. The molecular formula is C25H34N2O3. The fourth-order valence-electron chi connectivity index (χ4n) is 5.75. The zero-order valence-corrected chi connectivity index (χ0v) is 18.1. The molecule has 162 valence electrons. The van der Waals surface area contributed by atoms with Crippen molar-refractivity contribution in [1.29, 1.82) is 0 Å². The van der Waals surface area contributed by atoms with Crippen molar-refractivity contribution in [3.63, 3.8) is 0 Å². The van der Waals surface area contributed by atoms with Crippen LogP contribution in [0.4, 0.5) is 0 Å². The molecule has 5 heteroatoms. The van der Waals surface area contributed by atoms with E-state index in [1.807, 2.05) is 29.2 Å². The molecule has 1 N–H and O–H groups in total. The first-order valence-corrected chi connectivity index (χ1v) is 11.5. The maximum Gasteiger partial charge on any atom is 0.254 e. The number of carbonyl (C=O) groups is 2. The molecule has 1 atom stereocenters. The molecule has 0 bridgehead atoms. The van der Waals surface area contributed by atoms with Crippen LogP contribution in [-0.2, 0) is 9.53 Å². The van der Waals surface area contributed by atoms with E-state index >= 15 is 0 Å². The normalized spacial score (nSPS) is 22.7. The minimum Gasteiger partial charge on any atom is -0.383 e. The molecule has 0 unspecified atom stereocenters. The first kappa shape index (κ1) is 21.1. The van der Waals surface area contributed by atoms with E-state index in [0.717, 1.165) is 44.1 Å². The molecule has 0 saturated heterocycles. The van der Waals surface area contributed by atoms with E-state index in [1.165, 1.54) is 24.8 Å². The van der Waals surface area contributed by atoms with Gasteiger partial charge in [0.1, 0.15) is 0 Å². The molecular weight excluding hydrogens is 376 g/mol. The van der Waals surface area contributed by atoms with E-state index in [-0.39, 0.29) is 17.7 Å². The second kappa shape index (κ2) is 9.34. The van der Waals surface area contributed by atoms with Crippen LogP contribution >= 0.6 is 0 Å². The molecule has 1 aromatic carbocycles. The minimum atomic E-state index is -0.432. The number of amides is 2. The van der Waals surface area contributed by atoms with Crippen LogP contribution in [0.5, 0.6) is 0 Å². The van der Waals surface area contributed by atoms with Gasteiger partial charge in [-0.2, -0.15) is 0 Å². The Bertz CT molecular complexity index is 810. The average molecular weight is 411 g/mol. The van der Waals surface area contributed by atoms with Gasteiger partial charge in [-0.1, -0.05) is 42.7 Å². The van der Waals surface area contributed by atoms with Gasteiger partial charge >= 0.3 is 0 Å². The number of methoxy groups -OCH3 is 1. The highest BCUT2D eigenvalue weighted by molar-refractivity contribution is 6.02. The second-order valence-corrected chi connectivity index (χ2v) is 8.93. The van der Waals surface area contributed by atoms with Crippen LogP contribution in [0.2, 0.25) is 0 Å². The first-order valence-electron chi connectivity index (χ1n) is 11.5. The van der Waals surface area contributed by atoms with Gasteiger partial charge in [0.05, 0.1) is 18.1 Å². The Balaban J connectivity index is 1.60. The van der Waals surface area contributed by atoms with Crippen LogP contribution in [0.15, 0.2) is 35.9 Å². The Morgan fingerprint density at radius 1 is 1.20 bits per heavy atom. The third-order valence-electron chi connectivity index (χ3n) is 7.20. The highest BCUT2D eigenvalue weighted by Crippen LogP contribution is 2.50. The van der Waals surface area contributed by atoms with Crippen molar-refractivity contribution in [2.45, 2.75) is 69.2 Å². The molecule has 0 aromatic heterocycles. The van der Waals surface area contributed by atoms with Crippen LogP contribution in [0.1, 0.15) is 79.6 Å². The Kier molecular flexibility index (Phi) is 6.57. The number of allylic oxidation sites excluding steroid dienone is 1. The van der Waals surface area contributed by atoms with Crippen molar-refractivity contribution in [1.82, 2.24) is 10.2 Å². The fourth-order valence-corrected chi connectivity index (χ4v) is 5.75. The van der Waals surface area contributed by atoms with Gasteiger partial charge in [-0.25, -0.2) is 0 Å². The molecule has 30 heavy (non-hydrogen) atoms. The zero-order valence-electron chi connectivity index (χ0n) is 18.1. The molecule has 1 fully saturated rings. The lowest BCUT2D eigenvalue weighted by Crippen LogP contribution is -2.61. The summed E-state index contributed by atoms with van der Waals surface area (Å²) in [5.74, 6) is -0.206. The lowest BCUT2D eigenvalue weighted by molar-refractivity contribution is -0.126. The monoisotopic (exact) mass is 410 g/mol. The van der Waals surface area contributed by atoms with Gasteiger partial charge in [0.25, 0.3) is 5.91 Å². The molecule has 1 saturated carbocycles. The van der Waals surface area contributed by atoms with Gasteiger partial charge in [0, 0.05) is 25.8 Å². The number of hydrogen-bond acceptors (Lipinski definition) is 3. The van der Waals surface area contributed by atoms with Gasteiger partial charge < -0.3 is 15.0 Å². The van der Waals surface area contributed by atoms with Crippen molar-refractivity contribution in [3.8, 4) is 0 Å². The lowest BCUT2D eigenvalue weighted by atomic mass is 9.71. The zero-order chi connectivity index (χ0) is 21.0. The summed E-state index contributed by atoms with van der Waals surface area (Å²) in [6.07, 6.45) is 12.0. The highest BCUT2D eigenvalue weighted by atomic mass is 16.5. The molecule has 1 aliphatic heterocycles. The minimum absolute atomic E-state index is 0.0426. The summed E-state index contributed by atoms with van der Waals surface area (Å²) >= 11 is 0. The number of carbonyl (C=O) groups excluding carboxylic acids is 2. The lowest BCUT2D eigenvalue weighted by Gasteiger charge is -2.50. The summed E-state index contributed by atoms with van der Waals surface area (Å²) in [5.41, 5.74) is 2.60. The van der Waals surface area contributed by atoms with E-state index in [1.54, 1.807) is 7.11 Å². The molecule has 2 amide bonds. The molecule has 2 aliphatic carbocycles. The summed E-state index contributed by atoms with van der Waals surface area (Å²) in [6, 6.07) is 7.69. The summed E-state index contributed by atoms with van der Waals surface area (Å²) in [4.78, 5) is 29.0. The van der Waals surface area contributed by atoms with E-state index in [0.29, 0.717) is 25.3 Å². The molecule has 4 rings (SSSR count). The third kappa shape index (κ3) is 3.92. The highest BCUT2D eigenvalue weighted by Gasteiger charge is 2.55. The maximum atomic E-state index is 13.6. The van der Waals surface area contributed by atoms with Crippen molar-refractivity contribution >= 4 is 11.8 Å². The molecule has 1 heterocycles. The SMILES string of the molecule is COCCN1C(=O)c2ccccc2[C@H](C(=O)NCCC2=CCCCC2)C12CCCC2. The number of hydrogen-bond donors (Lipinski definition) is 1. The van der Waals surface area contributed by atoms with Crippen LogP contribution < -0.4 is 5.32 Å². The third-order valence-corrected chi connectivity index (χ3v) is 7.20. The Morgan fingerprint density at radius 2 is 2.00 bits per heavy atom. The number of benzene rings is 1. The topological polar surface area (TPSA) is 58.6 Å². The molecule has 1 spiro atoms. The maximum absolute atomic E-state index is 13.6. The molecule has 3 aliphatic rings.